The Labute approximate surface area is 123 Å². The highest BCUT2D eigenvalue weighted by molar-refractivity contribution is 6.16. The highest BCUT2D eigenvalue weighted by atomic mass is 35.5. The second-order valence-electron chi connectivity index (χ2n) is 5.85. The van der Waals surface area contributed by atoms with E-state index in [4.69, 9.17) is 11.6 Å². The number of hydrogen-bond donors (Lipinski definition) is 0. The summed E-state index contributed by atoms with van der Waals surface area (Å²) in [5.41, 5.74) is 1.81. The van der Waals surface area contributed by atoms with E-state index in [2.05, 4.69) is 28.5 Å². The second kappa shape index (κ2) is 5.01. The molecule has 1 aliphatic carbocycles. The lowest BCUT2D eigenvalue weighted by molar-refractivity contribution is 0.0429. The van der Waals surface area contributed by atoms with E-state index in [1.165, 1.54) is 12.5 Å². The molecule has 3 nitrogen and oxygen atoms in total. The molecule has 1 heterocycles. The minimum absolute atomic E-state index is 0.154. The Kier molecular flexibility index (Phi) is 3.46. The molecule has 1 aliphatic rings. The van der Waals surface area contributed by atoms with Crippen LogP contribution in [0.1, 0.15) is 25.1 Å². The maximum Gasteiger partial charge on any atom is 0.125 e. The fraction of sp³-hybridized carbons (Fsp3) is 0.533. The number of alkyl halides is 1. The SMILES string of the molecule is CN(C)C1(Cn2c(CCl)nc3ccc(F)cc32)CCC1. The van der Waals surface area contributed by atoms with Gasteiger partial charge in [-0.25, -0.2) is 9.37 Å². The minimum atomic E-state index is -0.229. The largest absolute Gasteiger partial charge is 0.325 e. The van der Waals surface area contributed by atoms with E-state index in [1.807, 2.05) is 0 Å². The van der Waals surface area contributed by atoms with Gasteiger partial charge in [-0.2, -0.15) is 0 Å². The fourth-order valence-electron chi connectivity index (χ4n) is 3.05. The third-order valence-electron chi connectivity index (χ3n) is 4.59. The normalized spacial score (nSPS) is 17.6. The molecule has 0 aliphatic heterocycles. The van der Waals surface area contributed by atoms with Crippen LogP contribution in [0.3, 0.4) is 0 Å². The maximum atomic E-state index is 13.5. The molecule has 1 aromatic heterocycles. The van der Waals surface area contributed by atoms with E-state index in [0.29, 0.717) is 5.88 Å². The summed E-state index contributed by atoms with van der Waals surface area (Å²) in [6, 6.07) is 4.73. The van der Waals surface area contributed by atoms with Crippen LogP contribution >= 0.6 is 11.6 Å². The number of aromatic nitrogens is 2. The molecule has 0 spiro atoms. The van der Waals surface area contributed by atoms with Crippen molar-refractivity contribution < 1.29 is 4.39 Å². The number of nitrogens with zero attached hydrogens (tertiary/aromatic N) is 3. The molecule has 1 saturated carbocycles. The van der Waals surface area contributed by atoms with Gasteiger partial charge in [0.25, 0.3) is 0 Å². The Morgan fingerprint density at radius 1 is 1.40 bits per heavy atom. The lowest BCUT2D eigenvalue weighted by atomic mass is 9.75. The van der Waals surface area contributed by atoms with Crippen LogP contribution in [0.2, 0.25) is 0 Å². The van der Waals surface area contributed by atoms with Crippen molar-refractivity contribution in [3.63, 3.8) is 0 Å². The third kappa shape index (κ3) is 2.11. The van der Waals surface area contributed by atoms with Crippen LogP contribution in [-0.2, 0) is 12.4 Å². The molecule has 1 aromatic carbocycles. The standard InChI is InChI=1S/C15H19ClFN3/c1-19(2)15(6-3-7-15)10-20-13-8-11(17)4-5-12(13)18-14(20)9-16/h4-5,8H,3,6-7,9-10H2,1-2H3. The van der Waals surface area contributed by atoms with Gasteiger partial charge >= 0.3 is 0 Å². The van der Waals surface area contributed by atoms with Crippen molar-refractivity contribution in [3.8, 4) is 0 Å². The molecule has 0 saturated heterocycles. The summed E-state index contributed by atoms with van der Waals surface area (Å²) >= 11 is 6.02. The zero-order valence-corrected chi connectivity index (χ0v) is 12.6. The first kappa shape index (κ1) is 13.8. The zero-order chi connectivity index (χ0) is 14.3. The topological polar surface area (TPSA) is 21.1 Å². The Hall–Kier alpha value is -1.13. The van der Waals surface area contributed by atoms with Gasteiger partial charge < -0.3 is 9.47 Å². The van der Waals surface area contributed by atoms with E-state index < -0.39 is 0 Å². The van der Waals surface area contributed by atoms with Crippen LogP contribution in [0.15, 0.2) is 18.2 Å². The van der Waals surface area contributed by atoms with Crippen LogP contribution in [0.5, 0.6) is 0 Å². The zero-order valence-electron chi connectivity index (χ0n) is 11.9. The van der Waals surface area contributed by atoms with E-state index in [0.717, 1.165) is 36.2 Å². The highest BCUT2D eigenvalue weighted by Crippen LogP contribution is 2.38. The predicted octanol–water partition coefficient (Wildman–Crippen LogP) is 3.40. The van der Waals surface area contributed by atoms with Crippen molar-refractivity contribution in [3.05, 3.63) is 29.8 Å². The summed E-state index contributed by atoms with van der Waals surface area (Å²) in [6.07, 6.45) is 3.57. The lowest BCUT2D eigenvalue weighted by Crippen LogP contribution is -2.53. The number of likely N-dealkylation sites (N-methyl/N-ethyl adjacent to an activating group) is 1. The van der Waals surface area contributed by atoms with Crippen LogP contribution in [0.4, 0.5) is 4.39 Å². The van der Waals surface area contributed by atoms with Gasteiger partial charge in [0.2, 0.25) is 0 Å². The van der Waals surface area contributed by atoms with E-state index in [9.17, 15) is 4.39 Å². The Balaban J connectivity index is 2.07. The Bertz CT molecular complexity index is 631. The van der Waals surface area contributed by atoms with Gasteiger partial charge in [0.1, 0.15) is 11.6 Å². The molecule has 5 heteroatoms. The molecule has 0 N–H and O–H groups in total. The van der Waals surface area contributed by atoms with Crippen molar-refractivity contribution in [2.45, 2.75) is 37.2 Å². The van der Waals surface area contributed by atoms with Crippen molar-refractivity contribution >= 4 is 22.6 Å². The molecule has 0 unspecified atom stereocenters. The van der Waals surface area contributed by atoms with Crippen LogP contribution in [-0.4, -0.2) is 34.1 Å². The van der Waals surface area contributed by atoms with Crippen LogP contribution in [0, 0.1) is 5.82 Å². The van der Waals surface area contributed by atoms with Gasteiger partial charge in [0, 0.05) is 12.1 Å². The quantitative estimate of drug-likeness (QED) is 0.806. The fourth-order valence-corrected chi connectivity index (χ4v) is 3.25. The average Bonchev–Trinajstić information content (AvgIpc) is 2.70. The molecule has 2 aromatic rings. The maximum absolute atomic E-state index is 13.5. The first-order valence-corrected chi connectivity index (χ1v) is 7.47. The average molecular weight is 296 g/mol. The van der Waals surface area contributed by atoms with Gasteiger partial charge in [0.05, 0.1) is 16.9 Å². The van der Waals surface area contributed by atoms with Crippen LogP contribution in [0.25, 0.3) is 11.0 Å². The highest BCUT2D eigenvalue weighted by Gasteiger charge is 2.40. The van der Waals surface area contributed by atoms with Crippen molar-refractivity contribution in [1.82, 2.24) is 14.5 Å². The summed E-state index contributed by atoms with van der Waals surface area (Å²) in [5, 5.41) is 0. The van der Waals surface area contributed by atoms with Crippen LogP contribution < -0.4 is 0 Å². The molecular weight excluding hydrogens is 277 g/mol. The molecule has 1 fully saturated rings. The number of imidazole rings is 1. The van der Waals surface area contributed by atoms with Gasteiger partial charge in [-0.3, -0.25) is 0 Å². The van der Waals surface area contributed by atoms with Crippen molar-refractivity contribution in [2.75, 3.05) is 14.1 Å². The monoisotopic (exact) mass is 295 g/mol. The summed E-state index contributed by atoms with van der Waals surface area (Å²) in [4.78, 5) is 6.80. The molecule has 108 valence electrons. The molecule has 0 atom stereocenters. The summed E-state index contributed by atoms with van der Waals surface area (Å²) in [6.45, 7) is 0.821. The van der Waals surface area contributed by atoms with E-state index in [-0.39, 0.29) is 11.4 Å². The number of halogens is 2. The van der Waals surface area contributed by atoms with Gasteiger partial charge in [0.15, 0.2) is 0 Å². The predicted molar refractivity (Wildman–Crippen MR) is 79.5 cm³/mol. The summed E-state index contributed by atoms with van der Waals surface area (Å²) < 4.78 is 15.6. The molecular formula is C15H19ClFN3. The van der Waals surface area contributed by atoms with Crippen molar-refractivity contribution in [2.24, 2.45) is 0 Å². The van der Waals surface area contributed by atoms with E-state index >= 15 is 0 Å². The Morgan fingerprint density at radius 3 is 2.70 bits per heavy atom. The smallest absolute Gasteiger partial charge is 0.125 e. The molecule has 0 amide bonds. The second-order valence-corrected chi connectivity index (χ2v) is 6.12. The van der Waals surface area contributed by atoms with Gasteiger partial charge in [-0.05, 0) is 51.6 Å². The van der Waals surface area contributed by atoms with Gasteiger partial charge in [-0.1, -0.05) is 0 Å². The summed E-state index contributed by atoms with van der Waals surface area (Å²) in [7, 11) is 4.22. The minimum Gasteiger partial charge on any atom is -0.325 e. The number of fused-ring (bicyclic) bond motifs is 1. The number of rotatable bonds is 4. The molecule has 20 heavy (non-hydrogen) atoms. The number of hydrogen-bond acceptors (Lipinski definition) is 2. The first-order chi connectivity index (χ1) is 9.55. The summed E-state index contributed by atoms with van der Waals surface area (Å²) in [5.74, 6) is 0.937. The van der Waals surface area contributed by atoms with E-state index in [1.54, 1.807) is 12.1 Å². The van der Waals surface area contributed by atoms with Crippen molar-refractivity contribution in [1.29, 1.82) is 0 Å². The first-order valence-electron chi connectivity index (χ1n) is 6.94. The molecule has 3 rings (SSSR count). The molecule has 0 radical (unpaired) electrons. The third-order valence-corrected chi connectivity index (χ3v) is 4.83. The van der Waals surface area contributed by atoms with Gasteiger partial charge in [-0.15, -0.1) is 11.6 Å². The lowest BCUT2D eigenvalue weighted by Gasteiger charge is -2.47. The molecule has 0 bridgehead atoms. The Morgan fingerprint density at radius 2 is 2.15 bits per heavy atom. The number of benzene rings is 1.